The third-order valence-electron chi connectivity index (χ3n) is 11.9. The van der Waals surface area contributed by atoms with Gasteiger partial charge in [0.15, 0.2) is 18.3 Å². The van der Waals surface area contributed by atoms with Gasteiger partial charge in [0.05, 0.1) is 0 Å². The molecule has 332 valence electrons. The Morgan fingerprint density at radius 2 is 0.738 bits per heavy atom. The number of esters is 4. The lowest BCUT2D eigenvalue weighted by atomic mass is 9.97. The van der Waals surface area contributed by atoms with Gasteiger partial charge in [-0.3, -0.25) is 19.2 Å². The summed E-state index contributed by atoms with van der Waals surface area (Å²) < 4.78 is 29.7. The average molecular weight is 879 g/mol. The van der Waals surface area contributed by atoms with Crippen molar-refractivity contribution in [3.63, 3.8) is 0 Å². The van der Waals surface area contributed by atoms with E-state index in [9.17, 15) is 29.1 Å². The predicted octanol–water partition coefficient (Wildman–Crippen LogP) is 7.53. The summed E-state index contributed by atoms with van der Waals surface area (Å²) in [6, 6.07) is 30.3. The Balaban J connectivity index is 0.995. The van der Waals surface area contributed by atoms with Gasteiger partial charge in [-0.25, -0.2) is 4.79 Å². The van der Waals surface area contributed by atoms with Gasteiger partial charge in [0.25, 0.3) is 0 Å². The number of ether oxygens (including phenoxy) is 5. The molecule has 4 aromatic carbocycles. The minimum absolute atomic E-state index is 0.165. The normalized spacial score (nSPS) is 18.5. The number of carbonyl (C=O) groups is 5. The largest absolute Gasteiger partial charge is 0.479 e. The first-order chi connectivity index (χ1) is 31.7. The minimum atomic E-state index is -2.01. The molecule has 1 saturated heterocycles. The summed E-state index contributed by atoms with van der Waals surface area (Å²) in [5, 5.41) is 14.2. The van der Waals surface area contributed by atoms with Crippen LogP contribution in [0.1, 0.15) is 47.9 Å². The molecular formula is C50H46N4O11. The second-order valence-electron chi connectivity index (χ2n) is 16.1. The van der Waals surface area contributed by atoms with Crippen LogP contribution in [0.3, 0.4) is 0 Å². The fraction of sp³-hybridized carbons (Fsp3) is 0.260. The maximum Gasteiger partial charge on any atom is 0.337 e. The van der Waals surface area contributed by atoms with E-state index in [2.05, 4.69) is 19.9 Å². The Morgan fingerprint density at radius 1 is 0.431 bits per heavy atom. The summed E-state index contributed by atoms with van der Waals surface area (Å²) in [6.07, 6.45) is -1.85. The summed E-state index contributed by atoms with van der Waals surface area (Å²) in [4.78, 5) is 81.0. The van der Waals surface area contributed by atoms with E-state index in [1.165, 1.54) is 0 Å². The minimum Gasteiger partial charge on any atom is -0.479 e. The first-order valence-electron chi connectivity index (χ1n) is 21.5. The lowest BCUT2D eigenvalue weighted by Gasteiger charge is -2.42. The molecule has 15 heteroatoms. The summed E-state index contributed by atoms with van der Waals surface area (Å²) in [5.74, 6) is -4.82. The number of carbonyl (C=O) groups excluding carboxylic acids is 4. The SMILES string of the molecule is O=C(CCc1c[nH]c2ccccc12)O[C@@H]1O[C@H](C(=O)O)[C@@H](OC(=O)CCc2c[nH]c3ccccc23)[C@H](OC(=O)CCc2c[nH]c3ccccc23)[C@H]1OC(=O)CCc1c[nH]c2ccccc12. The highest BCUT2D eigenvalue weighted by molar-refractivity contribution is 5.86. The van der Waals surface area contributed by atoms with E-state index < -0.39 is 60.6 Å². The topological polar surface area (TPSA) is 215 Å². The molecule has 0 saturated carbocycles. The average Bonchev–Trinajstić information content (AvgIpc) is 4.13. The van der Waals surface area contributed by atoms with Crippen molar-refractivity contribution in [3.8, 4) is 0 Å². The summed E-state index contributed by atoms with van der Waals surface area (Å²) in [7, 11) is 0. The van der Waals surface area contributed by atoms with Crippen molar-refractivity contribution in [3.05, 3.63) is 144 Å². The Bertz CT molecular complexity index is 3010. The van der Waals surface area contributed by atoms with E-state index in [4.69, 9.17) is 23.7 Å². The number of fused-ring (bicyclic) bond motifs is 4. The Hall–Kier alpha value is -7.65. The molecule has 0 unspecified atom stereocenters. The van der Waals surface area contributed by atoms with Crippen LogP contribution >= 0.6 is 0 Å². The van der Waals surface area contributed by atoms with Crippen LogP contribution in [0, 0.1) is 0 Å². The second kappa shape index (κ2) is 19.0. The van der Waals surface area contributed by atoms with Crippen molar-refractivity contribution >= 4 is 73.5 Å². The van der Waals surface area contributed by atoms with Crippen LogP contribution in [0.2, 0.25) is 0 Å². The number of hydrogen-bond donors (Lipinski definition) is 5. The number of carboxylic acid groups (broad SMARTS) is 1. The van der Waals surface area contributed by atoms with Crippen molar-refractivity contribution in [2.24, 2.45) is 0 Å². The first-order valence-corrected chi connectivity index (χ1v) is 21.5. The van der Waals surface area contributed by atoms with E-state index in [-0.39, 0.29) is 51.4 Å². The molecule has 5 atom stereocenters. The van der Waals surface area contributed by atoms with E-state index in [1.54, 1.807) is 24.8 Å². The van der Waals surface area contributed by atoms with Crippen molar-refractivity contribution in [1.82, 2.24) is 19.9 Å². The fourth-order valence-electron chi connectivity index (χ4n) is 8.61. The van der Waals surface area contributed by atoms with Gasteiger partial charge in [-0.2, -0.15) is 0 Å². The maximum absolute atomic E-state index is 13.9. The lowest BCUT2D eigenvalue weighted by Crippen LogP contribution is -2.64. The number of aromatic amines is 4. The maximum atomic E-state index is 13.9. The van der Waals surface area contributed by atoms with Crippen molar-refractivity contribution in [2.45, 2.75) is 82.1 Å². The molecule has 1 aliphatic rings. The summed E-state index contributed by atoms with van der Waals surface area (Å²) in [6.45, 7) is 0. The molecule has 15 nitrogen and oxygen atoms in total. The second-order valence-corrected chi connectivity index (χ2v) is 16.1. The Morgan fingerprint density at radius 3 is 1.09 bits per heavy atom. The first kappa shape index (κ1) is 42.6. The van der Waals surface area contributed by atoms with E-state index >= 15 is 0 Å². The van der Waals surface area contributed by atoms with Gasteiger partial charge < -0.3 is 48.7 Å². The molecule has 9 rings (SSSR count). The number of H-pyrrole nitrogens is 4. The number of rotatable bonds is 17. The zero-order valence-electron chi connectivity index (χ0n) is 35.1. The molecule has 65 heavy (non-hydrogen) atoms. The number of nitrogens with one attached hydrogen (secondary N) is 4. The molecule has 0 bridgehead atoms. The third kappa shape index (κ3) is 9.50. The van der Waals surface area contributed by atoms with E-state index in [0.717, 1.165) is 65.9 Å². The van der Waals surface area contributed by atoms with Crippen LogP contribution in [-0.4, -0.2) is 85.6 Å². The van der Waals surface area contributed by atoms with Gasteiger partial charge in [-0.15, -0.1) is 0 Å². The molecule has 1 aliphatic heterocycles. The summed E-state index contributed by atoms with van der Waals surface area (Å²) >= 11 is 0. The number of hydrogen-bond acceptors (Lipinski definition) is 10. The molecule has 4 aromatic heterocycles. The zero-order chi connectivity index (χ0) is 44.9. The number of aryl methyl sites for hydroxylation is 4. The number of aromatic nitrogens is 4. The monoisotopic (exact) mass is 878 g/mol. The molecule has 0 aliphatic carbocycles. The third-order valence-corrected chi connectivity index (χ3v) is 11.9. The highest BCUT2D eigenvalue weighted by Crippen LogP contribution is 2.32. The standard InChI is InChI=1S/C50H46N4O11/c55-41(21-17-29-25-51-37-13-5-1-9-33(29)37)61-45-46(62-42(56)22-18-30-26-52-38-14-6-2-10-34(30)38)48(63-43(57)23-19-31-27-53-39-15-7-3-11-35(31)39)50(65-47(45)49(59)60)64-44(58)24-20-32-28-54-40-16-8-4-12-36(32)40/h1-16,25-28,45-48,50-54H,17-24H2,(H,59,60)/t45-,46-,47-,48+,50+/m0/s1. The smallest absolute Gasteiger partial charge is 0.337 e. The van der Waals surface area contributed by atoms with Crippen molar-refractivity contribution in [1.29, 1.82) is 0 Å². The van der Waals surface area contributed by atoms with Crippen LogP contribution in [0.25, 0.3) is 43.6 Å². The van der Waals surface area contributed by atoms with Crippen LogP contribution in [0.4, 0.5) is 0 Å². The lowest BCUT2D eigenvalue weighted by molar-refractivity contribution is -0.295. The van der Waals surface area contributed by atoms with Crippen LogP contribution < -0.4 is 0 Å². The molecule has 0 amide bonds. The molecule has 1 fully saturated rings. The number of carboxylic acids is 1. The van der Waals surface area contributed by atoms with Gasteiger partial charge in [0, 0.05) is 94.1 Å². The van der Waals surface area contributed by atoms with E-state index in [0.29, 0.717) is 0 Å². The van der Waals surface area contributed by atoms with Gasteiger partial charge in [0.2, 0.25) is 12.4 Å². The van der Waals surface area contributed by atoms with Gasteiger partial charge in [-0.05, 0) is 72.2 Å². The number of para-hydroxylation sites is 4. The molecular weight excluding hydrogens is 833 g/mol. The number of benzene rings is 4. The molecule has 5 heterocycles. The highest BCUT2D eigenvalue weighted by atomic mass is 16.7. The summed E-state index contributed by atoms with van der Waals surface area (Å²) in [5.41, 5.74) is 6.84. The fourth-order valence-corrected chi connectivity index (χ4v) is 8.61. The molecule has 0 radical (unpaired) electrons. The van der Waals surface area contributed by atoms with Gasteiger partial charge in [0.1, 0.15) is 0 Å². The van der Waals surface area contributed by atoms with Crippen LogP contribution in [0.5, 0.6) is 0 Å². The molecule has 8 aromatic rings. The van der Waals surface area contributed by atoms with Crippen LogP contribution in [-0.2, 0) is 73.3 Å². The highest BCUT2D eigenvalue weighted by Gasteiger charge is 2.56. The Labute approximate surface area is 371 Å². The van der Waals surface area contributed by atoms with Gasteiger partial charge >= 0.3 is 29.8 Å². The van der Waals surface area contributed by atoms with Crippen molar-refractivity contribution in [2.75, 3.05) is 0 Å². The van der Waals surface area contributed by atoms with Crippen molar-refractivity contribution < 1.29 is 52.8 Å². The predicted molar refractivity (Wildman–Crippen MR) is 239 cm³/mol. The zero-order valence-corrected chi connectivity index (χ0v) is 35.1. The van der Waals surface area contributed by atoms with E-state index in [1.807, 2.05) is 97.1 Å². The van der Waals surface area contributed by atoms with Crippen LogP contribution in [0.15, 0.2) is 122 Å². The quantitative estimate of drug-likeness (QED) is 0.0445. The number of aliphatic carboxylic acids is 1. The van der Waals surface area contributed by atoms with Gasteiger partial charge in [-0.1, -0.05) is 72.8 Å². The molecule has 5 N–H and O–H groups in total. The Kier molecular flexibility index (Phi) is 12.5. The molecule has 0 spiro atoms.